The molecule has 0 aliphatic carbocycles. The topological polar surface area (TPSA) is 190 Å². The van der Waals surface area contributed by atoms with Gasteiger partial charge in [0.05, 0.1) is 5.69 Å². The maximum Gasteiger partial charge on any atom is 0.332 e. The summed E-state index contributed by atoms with van der Waals surface area (Å²) in [7, 11) is -4.73. The van der Waals surface area contributed by atoms with Crippen molar-refractivity contribution in [2.45, 2.75) is 30.6 Å². The zero-order valence-electron chi connectivity index (χ0n) is 14.7. The summed E-state index contributed by atoms with van der Waals surface area (Å²) in [5.74, 6) is 0.189. The highest BCUT2D eigenvalue weighted by Gasteiger charge is 2.11. The molecule has 1 aromatic rings. The van der Waals surface area contributed by atoms with Crippen molar-refractivity contribution in [3.8, 4) is 0 Å². The Bertz CT molecular complexity index is 773. The predicted molar refractivity (Wildman–Crippen MR) is 102 cm³/mol. The Labute approximate surface area is 157 Å². The second kappa shape index (κ2) is 13.3. The van der Waals surface area contributed by atoms with Crippen molar-refractivity contribution in [1.82, 2.24) is 5.32 Å². The molecule has 150 valence electrons. The lowest BCUT2D eigenvalue weighted by Gasteiger charge is -2.02. The first-order valence-corrected chi connectivity index (χ1v) is 9.31. The highest BCUT2D eigenvalue weighted by atomic mass is 32.3. The summed E-state index contributed by atoms with van der Waals surface area (Å²) in [4.78, 5) is 16.3. The molecule has 1 aromatic carbocycles. The van der Waals surface area contributed by atoms with Gasteiger partial charge in [0.1, 0.15) is 4.90 Å². The summed E-state index contributed by atoms with van der Waals surface area (Å²) < 4.78 is 33.1. The molecule has 0 saturated carbocycles. The first-order valence-electron chi connectivity index (χ1n) is 7.92. The van der Waals surface area contributed by atoms with Gasteiger partial charge >= 0.3 is 10.2 Å². The van der Waals surface area contributed by atoms with Crippen LogP contribution in [0, 0.1) is 5.41 Å². The van der Waals surface area contributed by atoms with Crippen LogP contribution in [0.4, 0.5) is 9.57 Å². The van der Waals surface area contributed by atoms with E-state index in [-0.39, 0.29) is 17.6 Å². The summed E-state index contributed by atoms with van der Waals surface area (Å²) in [5.41, 5.74) is 15.5. The quantitative estimate of drug-likeness (QED) is 0.132. The van der Waals surface area contributed by atoms with E-state index in [1.807, 2.05) is 0 Å². The normalized spacial score (nSPS) is 9.96. The van der Waals surface area contributed by atoms with Gasteiger partial charge < -0.3 is 22.5 Å². The molecule has 0 unspecified atom stereocenters. The molecule has 0 saturated heterocycles. The molecule has 0 spiro atoms. The lowest BCUT2D eigenvalue weighted by molar-refractivity contribution is 0.552. The Kier molecular flexibility index (Phi) is 11.8. The zero-order valence-corrected chi connectivity index (χ0v) is 15.5. The fraction of sp³-hybridized carbons (Fsp3) is 0.400. The number of nitrogens with one attached hydrogen (secondary N) is 2. The van der Waals surface area contributed by atoms with Crippen LogP contribution in [0.3, 0.4) is 0 Å². The molecular weight excluding hydrogens is 377 g/mol. The highest BCUT2D eigenvalue weighted by Crippen LogP contribution is 2.18. The lowest BCUT2D eigenvalue weighted by Crippen LogP contribution is -2.30. The van der Waals surface area contributed by atoms with E-state index in [2.05, 4.69) is 15.3 Å². The van der Waals surface area contributed by atoms with Crippen molar-refractivity contribution >= 4 is 33.9 Å². The molecule has 8 N–H and O–H groups in total. The fourth-order valence-corrected chi connectivity index (χ4v) is 2.28. The number of hydrogen-bond acceptors (Lipinski definition) is 6. The number of halogens is 1. The number of rotatable bonds is 9. The maximum absolute atomic E-state index is 12.4. The van der Waals surface area contributed by atoms with Crippen LogP contribution in [0.25, 0.3) is 0 Å². The van der Waals surface area contributed by atoms with Crippen molar-refractivity contribution in [2.75, 3.05) is 13.1 Å². The minimum atomic E-state index is -4.73. The molecule has 0 radical (unpaired) electrons. The minimum absolute atomic E-state index is 0.0329. The van der Waals surface area contributed by atoms with E-state index in [1.54, 1.807) is 0 Å². The zero-order chi connectivity index (χ0) is 20.7. The third-order valence-electron chi connectivity index (χ3n) is 2.97. The molecule has 0 fully saturated rings. The van der Waals surface area contributed by atoms with Gasteiger partial charge in [-0.2, -0.15) is 13.4 Å². The van der Waals surface area contributed by atoms with E-state index in [0.29, 0.717) is 6.54 Å². The summed E-state index contributed by atoms with van der Waals surface area (Å²) in [6.07, 6.45) is 5.42. The average molecular weight is 401 g/mol. The number of nitrogens with two attached hydrogens (primary N) is 3. The first kappa shape index (κ1) is 24.0. The van der Waals surface area contributed by atoms with Gasteiger partial charge in [0.25, 0.3) is 0 Å². The Morgan fingerprint density at radius 2 is 1.85 bits per heavy atom. The van der Waals surface area contributed by atoms with Crippen molar-refractivity contribution < 1.29 is 17.1 Å². The Hall–Kier alpha value is -2.98. The van der Waals surface area contributed by atoms with Crippen LogP contribution in [0.2, 0.25) is 0 Å². The van der Waals surface area contributed by atoms with Gasteiger partial charge in [-0.05, 0) is 31.0 Å². The maximum atomic E-state index is 12.4. The summed E-state index contributed by atoms with van der Waals surface area (Å²) in [6.45, 7) is 1.46. The molecule has 0 bridgehead atoms. The predicted octanol–water partition coefficient (Wildman–Crippen LogP) is 0.615. The van der Waals surface area contributed by atoms with Crippen LogP contribution in [-0.4, -0.2) is 39.5 Å². The SMILES string of the molecule is N=C(N)NCCCCCCN=C(N)N.O=C=Nc1cccc(S(=O)(=O)F)c1. The smallest absolute Gasteiger partial charge is 0.332 e. The molecule has 12 heteroatoms. The van der Waals surface area contributed by atoms with E-state index in [4.69, 9.17) is 22.6 Å². The van der Waals surface area contributed by atoms with Gasteiger partial charge in [-0.3, -0.25) is 10.4 Å². The van der Waals surface area contributed by atoms with Crippen LogP contribution in [0.15, 0.2) is 39.1 Å². The lowest BCUT2D eigenvalue weighted by atomic mass is 10.2. The van der Waals surface area contributed by atoms with Gasteiger partial charge in [-0.25, -0.2) is 4.79 Å². The second-order valence-corrected chi connectivity index (χ2v) is 6.55. The Morgan fingerprint density at radius 3 is 2.41 bits per heavy atom. The van der Waals surface area contributed by atoms with Gasteiger partial charge in [0.15, 0.2) is 11.9 Å². The monoisotopic (exact) mass is 401 g/mol. The van der Waals surface area contributed by atoms with E-state index in [0.717, 1.165) is 44.4 Å². The summed E-state index contributed by atoms with van der Waals surface area (Å²) in [5, 5.41) is 9.66. The number of guanidine groups is 2. The molecule has 0 aliphatic rings. The van der Waals surface area contributed by atoms with Crippen LogP contribution in [-0.2, 0) is 15.0 Å². The van der Waals surface area contributed by atoms with Crippen LogP contribution >= 0.6 is 0 Å². The van der Waals surface area contributed by atoms with Gasteiger partial charge in [0.2, 0.25) is 6.08 Å². The number of aliphatic imine (C=N–C) groups is 2. The van der Waals surface area contributed by atoms with Crippen LogP contribution < -0.4 is 22.5 Å². The van der Waals surface area contributed by atoms with Crippen LogP contribution in [0.1, 0.15) is 25.7 Å². The third kappa shape index (κ3) is 13.9. The molecule has 0 heterocycles. The Morgan fingerprint density at radius 1 is 1.19 bits per heavy atom. The summed E-state index contributed by atoms with van der Waals surface area (Å²) >= 11 is 0. The van der Waals surface area contributed by atoms with Crippen molar-refractivity contribution in [3.63, 3.8) is 0 Å². The number of isocyanates is 1. The van der Waals surface area contributed by atoms with Crippen molar-refractivity contribution in [3.05, 3.63) is 24.3 Å². The van der Waals surface area contributed by atoms with Crippen molar-refractivity contribution in [1.29, 1.82) is 5.41 Å². The average Bonchev–Trinajstić information content (AvgIpc) is 2.57. The Balaban J connectivity index is 0.000000501. The molecule has 0 aliphatic heterocycles. The second-order valence-electron chi connectivity index (χ2n) is 5.20. The highest BCUT2D eigenvalue weighted by molar-refractivity contribution is 7.86. The molecule has 0 atom stereocenters. The number of hydrogen-bond donors (Lipinski definition) is 5. The fourth-order valence-electron chi connectivity index (χ4n) is 1.78. The van der Waals surface area contributed by atoms with E-state index in [1.165, 1.54) is 18.2 Å². The minimum Gasteiger partial charge on any atom is -0.370 e. The van der Waals surface area contributed by atoms with E-state index < -0.39 is 15.1 Å². The molecule has 10 nitrogen and oxygen atoms in total. The van der Waals surface area contributed by atoms with Gasteiger partial charge in [0, 0.05) is 13.1 Å². The van der Waals surface area contributed by atoms with E-state index >= 15 is 0 Å². The van der Waals surface area contributed by atoms with Crippen LogP contribution in [0.5, 0.6) is 0 Å². The first-order chi connectivity index (χ1) is 12.7. The number of benzene rings is 1. The van der Waals surface area contributed by atoms with Gasteiger partial charge in [-0.1, -0.05) is 18.9 Å². The molecule has 27 heavy (non-hydrogen) atoms. The summed E-state index contributed by atoms with van der Waals surface area (Å²) in [6, 6.07) is 4.65. The number of nitrogens with zero attached hydrogens (tertiary/aromatic N) is 2. The standard InChI is InChI=1S/C8H20N6.C7H4FNO3S/c9-7(10)13-5-3-1-2-4-6-14-8(11)12;8-13(11,12)7-3-1-2-6(4-7)9-5-10/h1-6H2,(H4,9,10,13)(H4,11,12,14);1-4H. The number of unbranched alkanes of at least 4 members (excludes halogenated alkanes) is 3. The molecule has 0 amide bonds. The van der Waals surface area contributed by atoms with E-state index in [9.17, 15) is 17.1 Å². The van der Waals surface area contributed by atoms with Gasteiger partial charge in [-0.15, -0.1) is 3.89 Å². The molecular formula is C15H24FN7O3S. The number of carbonyl (C=O) groups excluding carboxylic acids is 1. The molecule has 0 aromatic heterocycles. The third-order valence-corrected chi connectivity index (χ3v) is 3.79. The largest absolute Gasteiger partial charge is 0.370 e. The van der Waals surface area contributed by atoms with Crippen molar-refractivity contribution in [2.24, 2.45) is 27.2 Å². The molecule has 1 rings (SSSR count).